The second-order valence-corrected chi connectivity index (χ2v) is 4.63. The van der Waals surface area contributed by atoms with Crippen molar-refractivity contribution in [2.75, 3.05) is 20.1 Å². The molecule has 1 aliphatic heterocycles. The number of benzene rings is 1. The number of hydrogen-bond donors (Lipinski definition) is 1. The quantitative estimate of drug-likeness (QED) is 0.711. The highest BCUT2D eigenvalue weighted by Crippen LogP contribution is 2.29. The van der Waals surface area contributed by atoms with Crippen LogP contribution >= 0.6 is 0 Å². The van der Waals surface area contributed by atoms with Crippen LogP contribution in [0.3, 0.4) is 0 Å². The fourth-order valence-electron chi connectivity index (χ4n) is 2.55. The van der Waals surface area contributed by atoms with Gasteiger partial charge in [0.05, 0.1) is 0 Å². The maximum atomic E-state index is 4.21. The summed E-state index contributed by atoms with van der Waals surface area (Å²) in [6.07, 6.45) is 3.25. The number of nitrogens with one attached hydrogen (secondary N) is 1. The maximum Gasteiger partial charge on any atom is 0.0462 e. The van der Waals surface area contributed by atoms with Gasteiger partial charge in [0.25, 0.3) is 0 Å². The van der Waals surface area contributed by atoms with Crippen LogP contribution in [-0.4, -0.2) is 30.0 Å². The fraction of sp³-hybridized carbons (Fsp3) is 0.286. The Morgan fingerprint density at radius 2 is 2.25 bits per heavy atom. The summed E-state index contributed by atoms with van der Waals surface area (Å²) < 4.78 is 0. The zero-order valence-corrected chi connectivity index (χ0v) is 9.59. The molecule has 1 aromatic heterocycles. The zero-order valence-electron chi connectivity index (χ0n) is 9.59. The molecule has 1 N–H and O–H groups in total. The molecular weight excluding hydrogens is 196 g/mol. The minimum Gasteiger partial charge on any atom is -0.361 e. The SMILES string of the molecule is C=C1CN(C)CCc2c[nH]c3cccc1c23. The van der Waals surface area contributed by atoms with Crippen molar-refractivity contribution in [3.63, 3.8) is 0 Å². The van der Waals surface area contributed by atoms with Crippen molar-refractivity contribution in [1.29, 1.82) is 0 Å². The van der Waals surface area contributed by atoms with Gasteiger partial charge in [0.1, 0.15) is 0 Å². The normalized spacial score (nSPS) is 17.4. The minimum atomic E-state index is 0.962. The van der Waals surface area contributed by atoms with E-state index in [4.69, 9.17) is 0 Å². The van der Waals surface area contributed by atoms with Gasteiger partial charge in [-0.05, 0) is 36.2 Å². The Bertz CT molecular complexity index is 551. The molecule has 0 fully saturated rings. The smallest absolute Gasteiger partial charge is 0.0462 e. The molecule has 0 bridgehead atoms. The van der Waals surface area contributed by atoms with Crippen LogP contribution in [-0.2, 0) is 6.42 Å². The van der Waals surface area contributed by atoms with Crippen LogP contribution in [0, 0.1) is 0 Å². The minimum absolute atomic E-state index is 0.962. The fourth-order valence-corrected chi connectivity index (χ4v) is 2.55. The first kappa shape index (κ1) is 9.67. The molecule has 16 heavy (non-hydrogen) atoms. The molecule has 3 rings (SSSR count). The largest absolute Gasteiger partial charge is 0.361 e. The van der Waals surface area contributed by atoms with Gasteiger partial charge in [0.2, 0.25) is 0 Å². The predicted octanol–water partition coefficient (Wildman–Crippen LogP) is 2.67. The average molecular weight is 212 g/mol. The Labute approximate surface area is 95.6 Å². The maximum absolute atomic E-state index is 4.21. The van der Waals surface area contributed by atoms with E-state index in [0.29, 0.717) is 0 Å². The molecule has 0 spiro atoms. The third kappa shape index (κ3) is 1.38. The molecule has 2 nitrogen and oxygen atoms in total. The molecule has 0 atom stereocenters. The number of nitrogens with zero attached hydrogens (tertiary/aromatic N) is 1. The highest BCUT2D eigenvalue weighted by atomic mass is 15.1. The Balaban J connectivity index is 2.28. The molecule has 2 aromatic rings. The van der Waals surface area contributed by atoms with Crippen LogP contribution in [0.2, 0.25) is 0 Å². The van der Waals surface area contributed by atoms with Gasteiger partial charge in [-0.3, -0.25) is 0 Å². The zero-order chi connectivity index (χ0) is 11.1. The van der Waals surface area contributed by atoms with Crippen LogP contribution in [0.4, 0.5) is 0 Å². The number of aromatic nitrogens is 1. The summed E-state index contributed by atoms with van der Waals surface area (Å²) in [6.45, 7) is 6.27. The molecular formula is C14H16N2. The topological polar surface area (TPSA) is 19.0 Å². The second kappa shape index (κ2) is 3.49. The van der Waals surface area contributed by atoms with Crippen LogP contribution < -0.4 is 0 Å². The summed E-state index contributed by atoms with van der Waals surface area (Å²) in [7, 11) is 2.16. The second-order valence-electron chi connectivity index (χ2n) is 4.63. The van der Waals surface area contributed by atoms with Crippen LogP contribution in [0.15, 0.2) is 31.0 Å². The van der Waals surface area contributed by atoms with Gasteiger partial charge in [-0.2, -0.15) is 0 Å². The van der Waals surface area contributed by atoms with E-state index in [-0.39, 0.29) is 0 Å². The first-order valence-electron chi connectivity index (χ1n) is 5.71. The van der Waals surface area contributed by atoms with Crippen molar-refractivity contribution in [2.45, 2.75) is 6.42 Å². The van der Waals surface area contributed by atoms with E-state index in [9.17, 15) is 0 Å². The summed E-state index contributed by atoms with van der Waals surface area (Å²) >= 11 is 0. The van der Waals surface area contributed by atoms with E-state index < -0.39 is 0 Å². The highest BCUT2D eigenvalue weighted by Gasteiger charge is 2.15. The van der Waals surface area contributed by atoms with Gasteiger partial charge in [0.15, 0.2) is 0 Å². The van der Waals surface area contributed by atoms with Crippen molar-refractivity contribution in [1.82, 2.24) is 9.88 Å². The first-order chi connectivity index (χ1) is 7.75. The summed E-state index contributed by atoms with van der Waals surface area (Å²) in [5.41, 5.74) is 5.17. The number of aromatic amines is 1. The molecule has 1 aliphatic rings. The Morgan fingerprint density at radius 3 is 3.12 bits per heavy atom. The van der Waals surface area contributed by atoms with Crippen molar-refractivity contribution in [2.24, 2.45) is 0 Å². The Morgan fingerprint density at radius 1 is 1.38 bits per heavy atom. The monoisotopic (exact) mass is 212 g/mol. The van der Waals surface area contributed by atoms with E-state index in [0.717, 1.165) is 19.5 Å². The van der Waals surface area contributed by atoms with E-state index in [1.54, 1.807) is 0 Å². The molecule has 0 saturated carbocycles. The molecule has 0 saturated heterocycles. The van der Waals surface area contributed by atoms with Crippen molar-refractivity contribution in [3.8, 4) is 0 Å². The molecule has 2 heteroatoms. The van der Waals surface area contributed by atoms with E-state index in [1.807, 2.05) is 0 Å². The lowest BCUT2D eigenvalue weighted by atomic mass is 9.97. The highest BCUT2D eigenvalue weighted by molar-refractivity contribution is 5.95. The van der Waals surface area contributed by atoms with Crippen molar-refractivity contribution in [3.05, 3.63) is 42.1 Å². The van der Waals surface area contributed by atoms with Gasteiger partial charge >= 0.3 is 0 Å². The van der Waals surface area contributed by atoms with Gasteiger partial charge in [0, 0.05) is 30.2 Å². The molecule has 0 amide bonds. The van der Waals surface area contributed by atoms with Crippen molar-refractivity contribution >= 4 is 16.5 Å². The molecule has 0 unspecified atom stereocenters. The molecule has 0 radical (unpaired) electrons. The van der Waals surface area contributed by atoms with Crippen molar-refractivity contribution < 1.29 is 0 Å². The van der Waals surface area contributed by atoms with Gasteiger partial charge in [-0.1, -0.05) is 18.7 Å². The number of hydrogen-bond acceptors (Lipinski definition) is 1. The number of rotatable bonds is 0. The molecule has 0 aliphatic carbocycles. The summed E-state index contributed by atoms with van der Waals surface area (Å²) in [6, 6.07) is 6.42. The number of H-pyrrole nitrogens is 1. The summed E-state index contributed by atoms with van der Waals surface area (Å²) in [5.74, 6) is 0. The van der Waals surface area contributed by atoms with Gasteiger partial charge < -0.3 is 9.88 Å². The van der Waals surface area contributed by atoms with E-state index >= 15 is 0 Å². The molecule has 82 valence electrons. The lowest BCUT2D eigenvalue weighted by Gasteiger charge is -2.21. The third-order valence-electron chi connectivity index (χ3n) is 3.39. The lowest BCUT2D eigenvalue weighted by molar-refractivity contribution is 0.380. The van der Waals surface area contributed by atoms with Crippen LogP contribution in [0.5, 0.6) is 0 Å². The number of likely N-dealkylation sites (N-methyl/N-ethyl adjacent to an activating group) is 1. The van der Waals surface area contributed by atoms with E-state index in [2.05, 4.69) is 47.9 Å². The standard InChI is InChI=1S/C14H16N2/c1-10-9-16(2)7-6-11-8-15-13-5-3-4-12(10)14(11)13/h3-5,8,15H,1,6-7,9H2,2H3. The molecule has 2 heterocycles. The third-order valence-corrected chi connectivity index (χ3v) is 3.39. The average Bonchev–Trinajstić information content (AvgIpc) is 2.67. The summed E-state index contributed by atoms with van der Waals surface area (Å²) in [4.78, 5) is 5.68. The van der Waals surface area contributed by atoms with Crippen LogP contribution in [0.25, 0.3) is 16.5 Å². The predicted molar refractivity (Wildman–Crippen MR) is 68.5 cm³/mol. The van der Waals surface area contributed by atoms with Gasteiger partial charge in [-0.15, -0.1) is 0 Å². The summed E-state index contributed by atoms with van der Waals surface area (Å²) in [5, 5.41) is 1.38. The van der Waals surface area contributed by atoms with E-state index in [1.165, 1.54) is 27.6 Å². The first-order valence-corrected chi connectivity index (χ1v) is 5.71. The molecule has 1 aromatic carbocycles. The Hall–Kier alpha value is -1.54. The van der Waals surface area contributed by atoms with Crippen LogP contribution in [0.1, 0.15) is 11.1 Å². The van der Waals surface area contributed by atoms with Gasteiger partial charge in [-0.25, -0.2) is 0 Å². The Kier molecular flexibility index (Phi) is 2.11. The lowest BCUT2D eigenvalue weighted by Crippen LogP contribution is -2.24.